The van der Waals surface area contributed by atoms with Crippen LogP contribution in [0.5, 0.6) is 0 Å². The molecule has 0 saturated heterocycles. The third-order valence-electron chi connectivity index (χ3n) is 1.26. The number of carbonyl (C=O) groups is 2. The number of Topliss-reactive ketones (excluding diaryl/α,β-unsaturated/α-hetero) is 1. The summed E-state index contributed by atoms with van der Waals surface area (Å²) in [6, 6.07) is 0. The van der Waals surface area contributed by atoms with Crippen molar-refractivity contribution in [1.82, 2.24) is 0 Å². The van der Waals surface area contributed by atoms with Gasteiger partial charge in [0.25, 0.3) is 0 Å². The quantitative estimate of drug-likeness (QED) is 0.539. The molecule has 14 heavy (non-hydrogen) atoms. The number of carbonyl (C=O) groups excluding carboxylic acids is 1. The van der Waals surface area contributed by atoms with Gasteiger partial charge in [0.15, 0.2) is 0 Å². The molecule has 0 aromatic carbocycles. The molecule has 0 unspecified atom stereocenters. The lowest BCUT2D eigenvalue weighted by Crippen LogP contribution is -1.98. The van der Waals surface area contributed by atoms with Gasteiger partial charge in [0.2, 0.25) is 0 Å². The van der Waals surface area contributed by atoms with Gasteiger partial charge in [0.1, 0.15) is 5.78 Å². The third kappa shape index (κ3) is 22.5. The Morgan fingerprint density at radius 1 is 1.00 bits per heavy atom. The molecule has 0 aliphatic heterocycles. The van der Waals surface area contributed by atoms with Crippen LogP contribution < -0.4 is 0 Å². The summed E-state index contributed by atoms with van der Waals surface area (Å²) >= 11 is 0. The molecular weight excluding hydrogens is 188 g/mol. The Kier molecular flexibility index (Phi) is 13.4. The van der Waals surface area contributed by atoms with Crippen LogP contribution in [0.25, 0.3) is 0 Å². The molecule has 84 valence electrons. The molecule has 5 heteroatoms. The maximum absolute atomic E-state index is 10.1. The van der Waals surface area contributed by atoms with Gasteiger partial charge >= 0.3 is 5.97 Å². The number of aliphatic hydroxyl groups excluding tert-OH is 2. The maximum Gasteiger partial charge on any atom is 0.303 e. The van der Waals surface area contributed by atoms with Crippen molar-refractivity contribution in [2.24, 2.45) is 0 Å². The standard InChI is InChI=1S/C5H8O3.C4H10O2/c1-4(6)2-3-5(7)8;5-3-1-2-4-6/h2-3H2,1H3,(H,7,8);5-6H,1-4H2. The Bertz CT molecular complexity index is 137. The summed E-state index contributed by atoms with van der Waals surface area (Å²) in [5.74, 6) is -0.993. The number of ketones is 1. The number of hydrogen-bond donors (Lipinski definition) is 3. The average molecular weight is 206 g/mol. The predicted octanol–water partition coefficient (Wildman–Crippen LogP) is 0.191. The van der Waals surface area contributed by atoms with E-state index < -0.39 is 5.97 Å². The third-order valence-corrected chi connectivity index (χ3v) is 1.26. The van der Waals surface area contributed by atoms with E-state index in [0.29, 0.717) is 0 Å². The minimum Gasteiger partial charge on any atom is -0.481 e. The van der Waals surface area contributed by atoms with Crippen molar-refractivity contribution in [1.29, 1.82) is 0 Å². The van der Waals surface area contributed by atoms with Gasteiger partial charge in [-0.2, -0.15) is 0 Å². The molecule has 0 saturated carbocycles. The predicted molar refractivity (Wildman–Crippen MR) is 51.0 cm³/mol. The minimum absolute atomic E-state index is 0.0463. The lowest BCUT2D eigenvalue weighted by atomic mass is 10.2. The van der Waals surface area contributed by atoms with Crippen molar-refractivity contribution in [2.45, 2.75) is 32.6 Å². The SMILES string of the molecule is CC(=O)CCC(=O)O.OCCCCO. The fourth-order valence-corrected chi connectivity index (χ4v) is 0.507. The Balaban J connectivity index is 0. The van der Waals surface area contributed by atoms with Crippen LogP contribution in [0.4, 0.5) is 0 Å². The second-order valence-electron chi connectivity index (χ2n) is 2.75. The summed E-state index contributed by atoms with van der Waals surface area (Å²) < 4.78 is 0. The second-order valence-corrected chi connectivity index (χ2v) is 2.75. The van der Waals surface area contributed by atoms with Crippen molar-refractivity contribution >= 4 is 11.8 Å². The molecule has 0 bridgehead atoms. The van der Waals surface area contributed by atoms with E-state index in [1.807, 2.05) is 0 Å². The van der Waals surface area contributed by atoms with E-state index in [1.54, 1.807) is 0 Å². The topological polar surface area (TPSA) is 94.8 Å². The second kappa shape index (κ2) is 12.1. The monoisotopic (exact) mass is 206 g/mol. The normalized spacial score (nSPS) is 8.79. The highest BCUT2D eigenvalue weighted by Gasteiger charge is 1.97. The van der Waals surface area contributed by atoms with Crippen LogP contribution in [0.2, 0.25) is 0 Å². The van der Waals surface area contributed by atoms with Crippen LogP contribution in [0.3, 0.4) is 0 Å². The molecule has 0 aliphatic carbocycles. The fraction of sp³-hybridized carbons (Fsp3) is 0.778. The number of aliphatic hydroxyl groups is 2. The Hall–Kier alpha value is -0.940. The zero-order chi connectivity index (χ0) is 11.4. The highest BCUT2D eigenvalue weighted by Crippen LogP contribution is 1.87. The van der Waals surface area contributed by atoms with Crippen LogP contribution in [-0.2, 0) is 9.59 Å². The van der Waals surface area contributed by atoms with E-state index in [4.69, 9.17) is 15.3 Å². The van der Waals surface area contributed by atoms with Gasteiger partial charge in [-0.25, -0.2) is 0 Å². The first-order chi connectivity index (χ1) is 6.54. The molecule has 0 spiro atoms. The molecule has 0 aromatic heterocycles. The highest BCUT2D eigenvalue weighted by molar-refractivity contribution is 5.80. The molecule has 0 fully saturated rings. The summed E-state index contributed by atoms with van der Waals surface area (Å²) in [5, 5.41) is 24.2. The van der Waals surface area contributed by atoms with Gasteiger partial charge in [0.05, 0.1) is 6.42 Å². The van der Waals surface area contributed by atoms with Crippen LogP contribution in [-0.4, -0.2) is 40.3 Å². The Labute approximate surface area is 83.4 Å². The van der Waals surface area contributed by atoms with Crippen LogP contribution in [0, 0.1) is 0 Å². The van der Waals surface area contributed by atoms with Crippen molar-refractivity contribution in [2.75, 3.05) is 13.2 Å². The number of hydrogen-bond acceptors (Lipinski definition) is 4. The molecule has 0 aliphatic rings. The largest absolute Gasteiger partial charge is 0.481 e. The number of rotatable bonds is 6. The number of carboxylic acids is 1. The number of aliphatic carboxylic acids is 1. The van der Waals surface area contributed by atoms with Crippen molar-refractivity contribution in [3.63, 3.8) is 0 Å². The summed E-state index contributed by atoms with van der Waals surface area (Å²) in [4.78, 5) is 19.8. The molecule has 5 nitrogen and oxygen atoms in total. The first-order valence-corrected chi connectivity index (χ1v) is 4.47. The van der Waals surface area contributed by atoms with Gasteiger partial charge in [-0.15, -0.1) is 0 Å². The van der Waals surface area contributed by atoms with Gasteiger partial charge in [-0.05, 0) is 19.8 Å². The highest BCUT2D eigenvalue weighted by atomic mass is 16.4. The van der Waals surface area contributed by atoms with Crippen LogP contribution in [0.15, 0.2) is 0 Å². The van der Waals surface area contributed by atoms with E-state index >= 15 is 0 Å². The van der Waals surface area contributed by atoms with Gasteiger partial charge in [0, 0.05) is 19.6 Å². The zero-order valence-corrected chi connectivity index (χ0v) is 8.40. The summed E-state index contributed by atoms with van der Waals surface area (Å²) in [5.41, 5.74) is 0. The van der Waals surface area contributed by atoms with Crippen LogP contribution in [0.1, 0.15) is 32.6 Å². The zero-order valence-electron chi connectivity index (χ0n) is 8.40. The molecule has 3 N–H and O–H groups in total. The summed E-state index contributed by atoms with van der Waals surface area (Å²) in [6.45, 7) is 1.77. The Morgan fingerprint density at radius 2 is 1.43 bits per heavy atom. The van der Waals surface area contributed by atoms with Crippen molar-refractivity contribution < 1.29 is 24.9 Å². The molecule has 0 radical (unpaired) electrons. The lowest BCUT2D eigenvalue weighted by Gasteiger charge is -1.86. The smallest absolute Gasteiger partial charge is 0.303 e. The maximum atomic E-state index is 10.1. The van der Waals surface area contributed by atoms with E-state index in [1.165, 1.54) is 6.92 Å². The first-order valence-electron chi connectivity index (χ1n) is 4.47. The molecule has 0 rings (SSSR count). The van der Waals surface area contributed by atoms with Crippen LogP contribution >= 0.6 is 0 Å². The van der Waals surface area contributed by atoms with Gasteiger partial charge in [-0.1, -0.05) is 0 Å². The van der Waals surface area contributed by atoms with E-state index in [9.17, 15) is 9.59 Å². The first kappa shape index (κ1) is 15.5. The van der Waals surface area contributed by atoms with Crippen molar-refractivity contribution in [3.8, 4) is 0 Å². The fourth-order valence-electron chi connectivity index (χ4n) is 0.507. The van der Waals surface area contributed by atoms with Gasteiger partial charge < -0.3 is 20.1 Å². The summed E-state index contributed by atoms with van der Waals surface area (Å²) in [6.07, 6.45) is 1.54. The Morgan fingerprint density at radius 3 is 1.57 bits per heavy atom. The molecule has 0 atom stereocenters. The van der Waals surface area contributed by atoms with E-state index in [0.717, 1.165) is 12.8 Å². The minimum atomic E-state index is -0.916. The average Bonchev–Trinajstić information content (AvgIpc) is 2.12. The van der Waals surface area contributed by atoms with E-state index in [-0.39, 0.29) is 31.8 Å². The molecule has 0 heterocycles. The molecule has 0 amide bonds. The number of carboxylic acid groups (broad SMARTS) is 1. The van der Waals surface area contributed by atoms with Gasteiger partial charge in [-0.3, -0.25) is 4.79 Å². The number of unbranched alkanes of at least 4 members (excludes halogenated alkanes) is 1. The molecular formula is C9H18O5. The van der Waals surface area contributed by atoms with Crippen molar-refractivity contribution in [3.05, 3.63) is 0 Å². The van der Waals surface area contributed by atoms with E-state index in [2.05, 4.69) is 0 Å². The summed E-state index contributed by atoms with van der Waals surface area (Å²) in [7, 11) is 0. The molecule has 0 aromatic rings. The lowest BCUT2D eigenvalue weighted by molar-refractivity contribution is -0.138.